The number of esters is 1. The summed E-state index contributed by atoms with van der Waals surface area (Å²) in [4.78, 5) is 10.9. The van der Waals surface area contributed by atoms with Crippen molar-refractivity contribution >= 4 is 21.7 Å². The Hall–Kier alpha value is -2.07. The fraction of sp³-hybridized carbons (Fsp3) is 0.385. The molecule has 1 N–H and O–H groups in total. The number of carbonyl (C=O) groups is 1. The van der Waals surface area contributed by atoms with E-state index in [0.717, 1.165) is 0 Å². The molecule has 0 unspecified atom stereocenters. The van der Waals surface area contributed by atoms with Crippen LogP contribution >= 0.6 is 0 Å². The van der Waals surface area contributed by atoms with Crippen molar-refractivity contribution < 1.29 is 17.9 Å². The summed E-state index contributed by atoms with van der Waals surface area (Å²) < 4.78 is 30.6. The predicted octanol–water partition coefficient (Wildman–Crippen LogP) is 1.56. The number of sulfonamides is 1. The fourth-order valence-corrected chi connectivity index (χ4v) is 2.76. The zero-order chi connectivity index (χ0) is 15.2. The molecule has 108 valence electrons. The monoisotopic (exact) mass is 296 g/mol. The summed E-state index contributed by atoms with van der Waals surface area (Å²) in [6, 6.07) is 6.90. The Labute approximate surface area is 118 Å². The Bertz CT molecular complexity index is 632. The molecule has 0 aliphatic rings. The zero-order valence-electron chi connectivity index (χ0n) is 11.3. The lowest BCUT2D eigenvalue weighted by molar-refractivity contribution is -0.140. The van der Waals surface area contributed by atoms with E-state index in [1.165, 1.54) is 13.2 Å². The van der Waals surface area contributed by atoms with Crippen molar-refractivity contribution in [3.8, 4) is 6.07 Å². The maximum Gasteiger partial charge on any atom is 0.305 e. The highest BCUT2D eigenvalue weighted by Gasteiger charge is 2.14. The Balaban J connectivity index is 2.75. The number of rotatable bonds is 6. The van der Waals surface area contributed by atoms with Gasteiger partial charge in [0.1, 0.15) is 6.07 Å². The number of carbonyl (C=O) groups excluding carboxylic acids is 1. The van der Waals surface area contributed by atoms with Crippen LogP contribution in [-0.4, -0.2) is 27.2 Å². The Kier molecular flexibility index (Phi) is 5.53. The maximum absolute atomic E-state index is 11.9. The van der Waals surface area contributed by atoms with E-state index in [0.29, 0.717) is 11.1 Å². The number of hydrogen-bond donors (Lipinski definition) is 1. The van der Waals surface area contributed by atoms with Gasteiger partial charge in [0.15, 0.2) is 0 Å². The molecule has 1 aromatic rings. The Morgan fingerprint density at radius 1 is 1.45 bits per heavy atom. The normalized spacial score (nSPS) is 10.7. The number of nitriles is 1. The number of benzene rings is 1. The van der Waals surface area contributed by atoms with Crippen LogP contribution in [0.2, 0.25) is 0 Å². The topological polar surface area (TPSA) is 96.3 Å². The minimum Gasteiger partial charge on any atom is -0.469 e. The van der Waals surface area contributed by atoms with Crippen molar-refractivity contribution in [1.82, 2.24) is 0 Å². The summed E-state index contributed by atoms with van der Waals surface area (Å²) >= 11 is 0. The van der Waals surface area contributed by atoms with Gasteiger partial charge in [-0.2, -0.15) is 5.26 Å². The highest BCUT2D eigenvalue weighted by Crippen LogP contribution is 2.19. The highest BCUT2D eigenvalue weighted by molar-refractivity contribution is 7.92. The van der Waals surface area contributed by atoms with Gasteiger partial charge in [-0.05, 0) is 25.0 Å². The van der Waals surface area contributed by atoms with Crippen molar-refractivity contribution in [1.29, 1.82) is 5.26 Å². The van der Waals surface area contributed by atoms with Gasteiger partial charge < -0.3 is 4.74 Å². The third-order valence-electron chi connectivity index (χ3n) is 2.67. The molecule has 0 aliphatic carbocycles. The van der Waals surface area contributed by atoms with E-state index in [9.17, 15) is 13.2 Å². The average Bonchev–Trinajstić information content (AvgIpc) is 2.38. The molecule has 0 aromatic heterocycles. The molecule has 0 heterocycles. The lowest BCUT2D eigenvalue weighted by Crippen LogP contribution is -2.18. The smallest absolute Gasteiger partial charge is 0.305 e. The maximum atomic E-state index is 11.9. The molecule has 0 radical (unpaired) electrons. The SMILES string of the molecule is COC(=O)CCCS(=O)(=O)Nc1cccc(C)c1C#N. The molecule has 0 saturated heterocycles. The second-order valence-corrected chi connectivity index (χ2v) is 6.05. The van der Waals surface area contributed by atoms with Gasteiger partial charge in [0.25, 0.3) is 0 Å². The van der Waals surface area contributed by atoms with Crippen LogP contribution in [-0.2, 0) is 19.6 Å². The van der Waals surface area contributed by atoms with Gasteiger partial charge in [-0.1, -0.05) is 12.1 Å². The summed E-state index contributed by atoms with van der Waals surface area (Å²) in [5.41, 5.74) is 1.25. The van der Waals surface area contributed by atoms with Crippen molar-refractivity contribution in [2.24, 2.45) is 0 Å². The second-order valence-electron chi connectivity index (χ2n) is 4.21. The quantitative estimate of drug-likeness (QED) is 0.804. The highest BCUT2D eigenvalue weighted by atomic mass is 32.2. The first-order valence-corrected chi connectivity index (χ1v) is 7.62. The number of anilines is 1. The fourth-order valence-electron chi connectivity index (χ4n) is 1.63. The molecule has 0 fully saturated rings. The molecule has 0 spiro atoms. The van der Waals surface area contributed by atoms with E-state index < -0.39 is 16.0 Å². The predicted molar refractivity (Wildman–Crippen MR) is 74.6 cm³/mol. The minimum atomic E-state index is -3.60. The van der Waals surface area contributed by atoms with Gasteiger partial charge in [0.05, 0.1) is 24.1 Å². The number of ether oxygens (including phenoxy) is 1. The Morgan fingerprint density at radius 3 is 2.75 bits per heavy atom. The summed E-state index contributed by atoms with van der Waals surface area (Å²) in [7, 11) is -2.35. The van der Waals surface area contributed by atoms with E-state index in [4.69, 9.17) is 5.26 Å². The van der Waals surface area contributed by atoms with Crippen molar-refractivity contribution in [2.75, 3.05) is 17.6 Å². The largest absolute Gasteiger partial charge is 0.469 e. The molecule has 20 heavy (non-hydrogen) atoms. The van der Waals surface area contributed by atoms with E-state index >= 15 is 0 Å². The summed E-state index contributed by atoms with van der Waals surface area (Å²) in [5, 5.41) is 9.03. The number of nitrogens with one attached hydrogen (secondary N) is 1. The molecule has 1 aromatic carbocycles. The first-order chi connectivity index (χ1) is 9.39. The van der Waals surface area contributed by atoms with Crippen LogP contribution in [0.25, 0.3) is 0 Å². The molecule has 0 amide bonds. The van der Waals surface area contributed by atoms with Gasteiger partial charge in [-0.25, -0.2) is 8.42 Å². The summed E-state index contributed by atoms with van der Waals surface area (Å²) in [5.74, 6) is -0.658. The average molecular weight is 296 g/mol. The minimum absolute atomic E-state index is 0.0380. The number of methoxy groups -OCH3 is 1. The zero-order valence-corrected chi connectivity index (χ0v) is 12.2. The molecular weight excluding hydrogens is 280 g/mol. The third-order valence-corrected chi connectivity index (χ3v) is 4.03. The van der Waals surface area contributed by atoms with Crippen LogP contribution in [0.15, 0.2) is 18.2 Å². The van der Waals surface area contributed by atoms with E-state index in [2.05, 4.69) is 9.46 Å². The lowest BCUT2D eigenvalue weighted by Gasteiger charge is -2.10. The van der Waals surface area contributed by atoms with Crippen molar-refractivity contribution in [3.05, 3.63) is 29.3 Å². The van der Waals surface area contributed by atoms with Crippen molar-refractivity contribution in [2.45, 2.75) is 19.8 Å². The first kappa shape index (κ1) is 16.0. The number of nitrogens with zero attached hydrogens (tertiary/aromatic N) is 1. The van der Waals surface area contributed by atoms with Crippen LogP contribution < -0.4 is 4.72 Å². The molecule has 1 rings (SSSR count). The van der Waals surface area contributed by atoms with Gasteiger partial charge in [-0.15, -0.1) is 0 Å². The number of hydrogen-bond acceptors (Lipinski definition) is 5. The molecular formula is C13H16N2O4S. The molecule has 6 nitrogen and oxygen atoms in total. The first-order valence-electron chi connectivity index (χ1n) is 5.96. The molecule has 0 bridgehead atoms. The number of aryl methyl sites for hydroxylation is 1. The van der Waals surface area contributed by atoms with Crippen LogP contribution in [0.4, 0.5) is 5.69 Å². The standard InChI is InChI=1S/C13H16N2O4S/c1-10-5-3-6-12(11(10)9-14)15-20(17,18)8-4-7-13(16)19-2/h3,5-6,15H,4,7-8H2,1-2H3. The second kappa shape index (κ2) is 6.91. The van der Waals surface area contributed by atoms with Crippen molar-refractivity contribution in [3.63, 3.8) is 0 Å². The van der Waals surface area contributed by atoms with Gasteiger partial charge >= 0.3 is 5.97 Å². The third kappa shape index (κ3) is 4.55. The van der Waals surface area contributed by atoms with Crippen LogP contribution in [0.3, 0.4) is 0 Å². The van der Waals surface area contributed by atoms with Gasteiger partial charge in [-0.3, -0.25) is 9.52 Å². The van der Waals surface area contributed by atoms with Gasteiger partial charge in [0, 0.05) is 6.42 Å². The van der Waals surface area contributed by atoms with Crippen LogP contribution in [0, 0.1) is 18.3 Å². The molecule has 0 atom stereocenters. The van der Waals surface area contributed by atoms with E-state index in [-0.39, 0.29) is 24.3 Å². The lowest BCUT2D eigenvalue weighted by atomic mass is 10.1. The summed E-state index contributed by atoms with van der Waals surface area (Å²) in [6.07, 6.45) is 0.200. The summed E-state index contributed by atoms with van der Waals surface area (Å²) in [6.45, 7) is 1.73. The molecule has 0 saturated carbocycles. The molecule has 7 heteroatoms. The van der Waals surface area contributed by atoms with E-state index in [1.54, 1.807) is 19.1 Å². The van der Waals surface area contributed by atoms with Crippen LogP contribution in [0.1, 0.15) is 24.0 Å². The van der Waals surface area contributed by atoms with Crippen LogP contribution in [0.5, 0.6) is 0 Å². The van der Waals surface area contributed by atoms with Gasteiger partial charge in [0.2, 0.25) is 10.0 Å². The molecule has 0 aliphatic heterocycles. The van der Waals surface area contributed by atoms with E-state index in [1.807, 2.05) is 6.07 Å². The Morgan fingerprint density at radius 2 is 2.15 bits per heavy atom.